The number of carboxylic acids is 1. The minimum Gasteiger partial charge on any atom is -0.480 e. The Morgan fingerprint density at radius 1 is 0.970 bits per heavy atom. The van der Waals surface area contributed by atoms with Crippen LogP contribution in [0.1, 0.15) is 80.6 Å². The van der Waals surface area contributed by atoms with E-state index in [2.05, 4.69) is 16.0 Å². The Bertz CT molecular complexity index is 680. The van der Waals surface area contributed by atoms with Crippen molar-refractivity contribution in [3.8, 4) is 0 Å². The Labute approximate surface area is 197 Å². The fourth-order valence-electron chi connectivity index (χ4n) is 3.91. The number of rotatable bonds is 10. The summed E-state index contributed by atoms with van der Waals surface area (Å²) in [4.78, 5) is 48.8. The molecule has 0 aromatic rings. The van der Waals surface area contributed by atoms with Gasteiger partial charge in [0.15, 0.2) is 0 Å². The molecule has 4 N–H and O–H groups in total. The van der Waals surface area contributed by atoms with E-state index in [9.17, 15) is 24.3 Å². The van der Waals surface area contributed by atoms with Crippen molar-refractivity contribution < 1.29 is 29.0 Å². The van der Waals surface area contributed by atoms with E-state index in [0.29, 0.717) is 25.8 Å². The molecule has 0 aliphatic heterocycles. The molecule has 190 valence electrons. The highest BCUT2D eigenvalue weighted by Gasteiger charge is 2.32. The number of aliphatic carboxylic acids is 1. The molecule has 3 amide bonds. The highest BCUT2D eigenvalue weighted by molar-refractivity contribution is 5.86. The molecule has 0 saturated heterocycles. The van der Waals surface area contributed by atoms with Crippen molar-refractivity contribution in [1.29, 1.82) is 0 Å². The molecular weight excluding hydrogens is 426 g/mol. The third-order valence-electron chi connectivity index (χ3n) is 6.18. The average Bonchev–Trinajstić information content (AvgIpc) is 2.72. The molecule has 1 aliphatic rings. The lowest BCUT2D eigenvalue weighted by molar-refractivity contribution is -0.144. The van der Waals surface area contributed by atoms with Crippen molar-refractivity contribution >= 4 is 23.9 Å². The SMILES string of the molecule is CCC(C)C(NC(=O)C1CCC(CNC(=O)C(NC(=O)OC(C)(C)C)C(C)C)CC1)C(=O)O. The first-order chi connectivity index (χ1) is 15.2. The van der Waals surface area contributed by atoms with Gasteiger partial charge < -0.3 is 25.8 Å². The van der Waals surface area contributed by atoms with E-state index < -0.39 is 29.7 Å². The number of hydrogen-bond donors (Lipinski definition) is 4. The van der Waals surface area contributed by atoms with Crippen LogP contribution < -0.4 is 16.0 Å². The first-order valence-electron chi connectivity index (χ1n) is 12.1. The van der Waals surface area contributed by atoms with Gasteiger partial charge in [0, 0.05) is 12.5 Å². The summed E-state index contributed by atoms with van der Waals surface area (Å²) in [6.45, 7) is 13.2. The highest BCUT2D eigenvalue weighted by atomic mass is 16.6. The van der Waals surface area contributed by atoms with E-state index >= 15 is 0 Å². The molecule has 0 aromatic carbocycles. The van der Waals surface area contributed by atoms with Crippen LogP contribution in [0.25, 0.3) is 0 Å². The third kappa shape index (κ3) is 10.0. The summed E-state index contributed by atoms with van der Waals surface area (Å²) in [5.41, 5.74) is -0.647. The molecule has 1 fully saturated rings. The Morgan fingerprint density at radius 2 is 1.55 bits per heavy atom. The van der Waals surface area contributed by atoms with Crippen LogP contribution in [0.5, 0.6) is 0 Å². The lowest BCUT2D eigenvalue weighted by atomic mass is 9.81. The van der Waals surface area contributed by atoms with Gasteiger partial charge in [0.05, 0.1) is 0 Å². The number of carbonyl (C=O) groups is 4. The Balaban J connectivity index is 2.51. The Hall–Kier alpha value is -2.32. The summed E-state index contributed by atoms with van der Waals surface area (Å²) in [6, 6.07) is -1.57. The van der Waals surface area contributed by atoms with E-state index in [1.54, 1.807) is 20.8 Å². The molecule has 9 heteroatoms. The third-order valence-corrected chi connectivity index (χ3v) is 6.18. The second-order valence-corrected chi connectivity index (χ2v) is 10.5. The molecule has 3 atom stereocenters. The fraction of sp³-hybridized carbons (Fsp3) is 0.833. The quantitative estimate of drug-likeness (QED) is 0.388. The lowest BCUT2D eigenvalue weighted by Crippen LogP contribution is -2.51. The summed E-state index contributed by atoms with van der Waals surface area (Å²) < 4.78 is 5.26. The lowest BCUT2D eigenvalue weighted by Gasteiger charge is -2.30. The van der Waals surface area contributed by atoms with Crippen LogP contribution in [-0.4, -0.2) is 53.2 Å². The van der Waals surface area contributed by atoms with E-state index in [1.165, 1.54) is 0 Å². The van der Waals surface area contributed by atoms with E-state index in [1.807, 2.05) is 27.7 Å². The zero-order valence-electron chi connectivity index (χ0n) is 21.2. The number of carbonyl (C=O) groups excluding carboxylic acids is 3. The molecule has 1 saturated carbocycles. The zero-order valence-corrected chi connectivity index (χ0v) is 21.2. The van der Waals surface area contributed by atoms with Crippen molar-refractivity contribution in [1.82, 2.24) is 16.0 Å². The zero-order chi connectivity index (χ0) is 25.3. The molecule has 0 heterocycles. The van der Waals surface area contributed by atoms with Gasteiger partial charge in [0.1, 0.15) is 17.7 Å². The van der Waals surface area contributed by atoms with Crippen molar-refractivity contribution in [3.05, 3.63) is 0 Å². The van der Waals surface area contributed by atoms with Gasteiger partial charge in [0.2, 0.25) is 11.8 Å². The maximum atomic E-state index is 12.7. The van der Waals surface area contributed by atoms with Gasteiger partial charge in [-0.15, -0.1) is 0 Å². The summed E-state index contributed by atoms with van der Waals surface area (Å²) >= 11 is 0. The Morgan fingerprint density at radius 3 is 2.00 bits per heavy atom. The van der Waals surface area contributed by atoms with E-state index in [0.717, 1.165) is 12.8 Å². The second-order valence-electron chi connectivity index (χ2n) is 10.5. The van der Waals surface area contributed by atoms with Crippen molar-refractivity contribution in [2.24, 2.45) is 23.7 Å². The maximum absolute atomic E-state index is 12.7. The fourth-order valence-corrected chi connectivity index (χ4v) is 3.91. The maximum Gasteiger partial charge on any atom is 0.408 e. The molecule has 1 rings (SSSR count). The van der Waals surface area contributed by atoms with E-state index in [-0.39, 0.29) is 35.5 Å². The molecule has 0 spiro atoms. The van der Waals surface area contributed by atoms with Crippen LogP contribution in [0.2, 0.25) is 0 Å². The van der Waals surface area contributed by atoms with Gasteiger partial charge >= 0.3 is 12.1 Å². The molecule has 0 aromatic heterocycles. The van der Waals surface area contributed by atoms with Crippen molar-refractivity contribution in [3.63, 3.8) is 0 Å². The molecule has 0 bridgehead atoms. The largest absolute Gasteiger partial charge is 0.480 e. The number of amides is 3. The van der Waals surface area contributed by atoms with Gasteiger partial charge in [-0.05, 0) is 64.2 Å². The van der Waals surface area contributed by atoms with Gasteiger partial charge in [-0.2, -0.15) is 0 Å². The van der Waals surface area contributed by atoms with Crippen molar-refractivity contribution in [2.75, 3.05) is 6.54 Å². The minimum atomic E-state index is -1.01. The second kappa shape index (κ2) is 12.8. The molecule has 1 aliphatic carbocycles. The van der Waals surface area contributed by atoms with Gasteiger partial charge in [-0.25, -0.2) is 9.59 Å². The number of ether oxygens (including phenoxy) is 1. The monoisotopic (exact) mass is 469 g/mol. The predicted molar refractivity (Wildman–Crippen MR) is 125 cm³/mol. The topological polar surface area (TPSA) is 134 Å². The number of alkyl carbamates (subject to hydrolysis) is 1. The predicted octanol–water partition coefficient (Wildman–Crippen LogP) is 3.07. The molecule has 33 heavy (non-hydrogen) atoms. The average molecular weight is 470 g/mol. The summed E-state index contributed by atoms with van der Waals surface area (Å²) in [6.07, 6.45) is 2.90. The Kier molecular flexibility index (Phi) is 11.1. The summed E-state index contributed by atoms with van der Waals surface area (Å²) in [5.74, 6) is -1.68. The smallest absolute Gasteiger partial charge is 0.408 e. The normalized spacial score (nSPS) is 21.5. The van der Waals surface area contributed by atoms with Crippen LogP contribution >= 0.6 is 0 Å². The van der Waals surface area contributed by atoms with E-state index in [4.69, 9.17) is 4.74 Å². The highest BCUT2D eigenvalue weighted by Crippen LogP contribution is 2.29. The van der Waals surface area contributed by atoms with Gasteiger partial charge in [-0.3, -0.25) is 9.59 Å². The first-order valence-corrected chi connectivity index (χ1v) is 12.1. The molecular formula is C24H43N3O6. The number of hydrogen-bond acceptors (Lipinski definition) is 5. The van der Waals surface area contributed by atoms with Gasteiger partial charge in [-0.1, -0.05) is 34.1 Å². The molecule has 3 unspecified atom stereocenters. The minimum absolute atomic E-state index is 0.107. The van der Waals surface area contributed by atoms with Crippen molar-refractivity contribution in [2.45, 2.75) is 98.3 Å². The standard InChI is InChI=1S/C24H43N3O6/c1-8-15(4)19(22(30)31)26-20(28)17-11-9-16(10-12-17)13-25-21(29)18(14(2)3)27-23(32)33-24(5,6)7/h14-19H,8-13H2,1-7H3,(H,25,29)(H,26,28)(H,27,32)(H,30,31). The van der Waals surface area contributed by atoms with Crippen LogP contribution in [0.4, 0.5) is 4.79 Å². The van der Waals surface area contributed by atoms with Crippen LogP contribution in [-0.2, 0) is 19.1 Å². The van der Waals surface area contributed by atoms with Crippen LogP contribution in [0, 0.1) is 23.7 Å². The number of nitrogens with one attached hydrogen (secondary N) is 3. The number of carboxylic acid groups (broad SMARTS) is 1. The summed E-state index contributed by atoms with van der Waals surface area (Å²) in [5, 5.41) is 17.7. The van der Waals surface area contributed by atoms with Crippen LogP contribution in [0.3, 0.4) is 0 Å². The first kappa shape index (κ1) is 28.7. The molecule has 0 radical (unpaired) electrons. The summed E-state index contributed by atoms with van der Waals surface area (Å²) in [7, 11) is 0. The van der Waals surface area contributed by atoms with Gasteiger partial charge in [0.25, 0.3) is 0 Å². The molecule has 9 nitrogen and oxygen atoms in total. The van der Waals surface area contributed by atoms with Crippen LogP contribution in [0.15, 0.2) is 0 Å².